The number of nitrogens with two attached hydrogens (primary N) is 1. The molecule has 0 aliphatic heterocycles. The average Bonchev–Trinajstić information content (AvgIpc) is 1.86. The van der Waals surface area contributed by atoms with E-state index in [9.17, 15) is 0 Å². The van der Waals surface area contributed by atoms with Crippen molar-refractivity contribution in [3.8, 4) is 0 Å². The molecule has 7 heavy (non-hydrogen) atoms. The second kappa shape index (κ2) is 2.83. The second-order valence-electron chi connectivity index (χ2n) is 0.857. The van der Waals surface area contributed by atoms with Gasteiger partial charge < -0.3 is 5.73 Å². The number of aromatic amines is 1. The Balaban J connectivity index is 0.000000360. The number of nitrogen functional groups attached to an aromatic ring is 1. The van der Waals surface area contributed by atoms with E-state index < -0.39 is 0 Å². The van der Waals surface area contributed by atoms with Crippen LogP contribution in [-0.4, -0.2) is 38.8 Å². The predicted octanol–water partition coefficient (Wildman–Crippen LogP) is -1.53. The van der Waals surface area contributed by atoms with Gasteiger partial charge in [-0.25, -0.2) is 4.98 Å². The summed E-state index contributed by atoms with van der Waals surface area (Å²) in [7, 11) is 0. The molecule has 3 N–H and O–H groups in total. The molecule has 1 heterocycles. The number of nitrogens with zero attached hydrogens (tertiary/aromatic N) is 2. The van der Waals surface area contributed by atoms with E-state index in [0.29, 0.717) is 0 Å². The molecule has 0 saturated carbocycles. The summed E-state index contributed by atoms with van der Waals surface area (Å²) >= 11 is 0. The summed E-state index contributed by atoms with van der Waals surface area (Å²) in [5.74, 6) is 0.287. The van der Waals surface area contributed by atoms with Gasteiger partial charge in [0.15, 0.2) is 0 Å². The zero-order valence-electron chi connectivity index (χ0n) is 3.55. The molecule has 1 aromatic rings. The van der Waals surface area contributed by atoms with Gasteiger partial charge in [0, 0.05) is 0 Å². The minimum absolute atomic E-state index is 0. The van der Waals surface area contributed by atoms with E-state index in [1.165, 1.54) is 6.33 Å². The Kier molecular flexibility index (Phi) is 2.72. The van der Waals surface area contributed by atoms with Crippen LogP contribution in [0.25, 0.3) is 0 Å². The summed E-state index contributed by atoms with van der Waals surface area (Å²) in [5.41, 5.74) is 5.02. The van der Waals surface area contributed by atoms with Gasteiger partial charge in [-0.2, -0.15) is 0 Å². The van der Waals surface area contributed by atoms with Crippen molar-refractivity contribution in [2.75, 3.05) is 5.73 Å². The summed E-state index contributed by atoms with van der Waals surface area (Å²) in [6.45, 7) is 0. The van der Waals surface area contributed by atoms with Crippen LogP contribution in [0.15, 0.2) is 6.33 Å². The molecule has 0 aliphatic rings. The van der Waals surface area contributed by atoms with Gasteiger partial charge in [-0.05, 0) is 0 Å². The third kappa shape index (κ3) is 1.76. The van der Waals surface area contributed by atoms with Crippen LogP contribution in [0.1, 0.15) is 0 Å². The Morgan fingerprint density at radius 3 is 2.57 bits per heavy atom. The van der Waals surface area contributed by atoms with Gasteiger partial charge in [0.1, 0.15) is 6.33 Å². The molecular formula is C2H6N4Te. The third-order valence-electron chi connectivity index (χ3n) is 0.434. The van der Waals surface area contributed by atoms with Crippen LogP contribution >= 0.6 is 0 Å². The number of hydrogen-bond acceptors (Lipinski definition) is 3. The van der Waals surface area contributed by atoms with Crippen molar-refractivity contribution >= 4 is 29.6 Å². The summed E-state index contributed by atoms with van der Waals surface area (Å²) in [6.07, 6.45) is 1.43. The van der Waals surface area contributed by atoms with Gasteiger partial charge in [-0.15, -0.1) is 5.10 Å². The van der Waals surface area contributed by atoms with E-state index in [0.717, 1.165) is 0 Å². The van der Waals surface area contributed by atoms with Gasteiger partial charge >= 0.3 is 23.7 Å². The van der Waals surface area contributed by atoms with Crippen LogP contribution in [0.3, 0.4) is 0 Å². The Labute approximate surface area is 57.2 Å². The molecular weight excluding hydrogens is 208 g/mol. The first-order valence-corrected chi connectivity index (χ1v) is 1.51. The average molecular weight is 214 g/mol. The molecule has 0 bridgehead atoms. The quantitative estimate of drug-likeness (QED) is 0.514. The molecule has 0 aliphatic carbocycles. The van der Waals surface area contributed by atoms with Gasteiger partial charge in [0.2, 0.25) is 5.95 Å². The first-order valence-electron chi connectivity index (χ1n) is 1.51. The van der Waals surface area contributed by atoms with Crippen molar-refractivity contribution in [3.63, 3.8) is 0 Å². The summed E-state index contributed by atoms with van der Waals surface area (Å²) in [6, 6.07) is 0. The fraction of sp³-hybridized carbons (Fsp3) is 0. The topological polar surface area (TPSA) is 67.6 Å². The van der Waals surface area contributed by atoms with E-state index in [4.69, 9.17) is 5.73 Å². The molecule has 5 heteroatoms. The van der Waals surface area contributed by atoms with Crippen LogP contribution in [0.2, 0.25) is 0 Å². The molecule has 1 aromatic heterocycles. The molecule has 0 spiro atoms. The summed E-state index contributed by atoms with van der Waals surface area (Å²) in [4.78, 5) is 3.53. The molecule has 4 nitrogen and oxygen atoms in total. The molecule has 1 rings (SSSR count). The Bertz CT molecular complexity index is 113. The van der Waals surface area contributed by atoms with Crippen molar-refractivity contribution < 1.29 is 0 Å². The molecule has 0 saturated heterocycles. The number of anilines is 1. The molecule has 0 radical (unpaired) electrons. The number of hydrogen-bond donors (Lipinski definition) is 2. The number of nitrogens with one attached hydrogen (secondary N) is 1. The second-order valence-corrected chi connectivity index (χ2v) is 0.857. The van der Waals surface area contributed by atoms with Crippen molar-refractivity contribution in [2.45, 2.75) is 0 Å². The van der Waals surface area contributed by atoms with Gasteiger partial charge in [-0.1, -0.05) is 0 Å². The van der Waals surface area contributed by atoms with Crippen LogP contribution in [0.5, 0.6) is 0 Å². The molecule has 0 atom stereocenters. The molecule has 0 aromatic carbocycles. The summed E-state index contributed by atoms with van der Waals surface area (Å²) in [5, 5.41) is 5.90. The molecule has 0 fully saturated rings. The van der Waals surface area contributed by atoms with Gasteiger partial charge in [-0.3, -0.25) is 5.10 Å². The third-order valence-corrected chi connectivity index (χ3v) is 0.434. The summed E-state index contributed by atoms with van der Waals surface area (Å²) < 4.78 is 0. The zero-order valence-corrected chi connectivity index (χ0v) is 6.40. The number of aromatic nitrogens is 3. The van der Waals surface area contributed by atoms with Crippen molar-refractivity contribution in [1.82, 2.24) is 15.2 Å². The number of rotatable bonds is 0. The number of H-pyrrole nitrogens is 1. The van der Waals surface area contributed by atoms with Crippen LogP contribution in [-0.2, 0) is 0 Å². The van der Waals surface area contributed by atoms with E-state index >= 15 is 0 Å². The molecule has 40 valence electrons. The fourth-order valence-electron chi connectivity index (χ4n) is 0.219. The van der Waals surface area contributed by atoms with Crippen LogP contribution in [0, 0.1) is 0 Å². The standard InChI is InChI=1S/C2H4N4.H2Te/c3-2-4-1-5-6-2;/h1H,(H3,3,4,5,6);1H2. The Morgan fingerprint density at radius 1 is 1.71 bits per heavy atom. The predicted molar refractivity (Wildman–Crippen MR) is 29.3 cm³/mol. The minimum atomic E-state index is 0. The maximum atomic E-state index is 5.02. The van der Waals surface area contributed by atoms with Crippen LogP contribution < -0.4 is 5.73 Å². The van der Waals surface area contributed by atoms with E-state index in [-0.39, 0.29) is 29.6 Å². The zero-order chi connectivity index (χ0) is 4.41. The van der Waals surface area contributed by atoms with Gasteiger partial charge in [0.25, 0.3) is 0 Å². The monoisotopic (exact) mass is 216 g/mol. The first-order chi connectivity index (χ1) is 2.89. The Hall–Kier alpha value is -0.270. The molecule has 0 amide bonds. The SMILES string of the molecule is Nc1nc[nH]n1.[TeH2]. The van der Waals surface area contributed by atoms with Crippen molar-refractivity contribution in [2.24, 2.45) is 0 Å². The Morgan fingerprint density at radius 2 is 2.43 bits per heavy atom. The van der Waals surface area contributed by atoms with E-state index in [1.54, 1.807) is 0 Å². The fourth-order valence-corrected chi connectivity index (χ4v) is 0.219. The maximum absolute atomic E-state index is 5.02. The first kappa shape index (κ1) is 6.73. The van der Waals surface area contributed by atoms with Gasteiger partial charge in [0.05, 0.1) is 0 Å². The van der Waals surface area contributed by atoms with E-state index in [2.05, 4.69) is 15.2 Å². The van der Waals surface area contributed by atoms with E-state index in [1.807, 2.05) is 0 Å². The normalized spacial score (nSPS) is 7.43. The van der Waals surface area contributed by atoms with Crippen molar-refractivity contribution in [3.05, 3.63) is 6.33 Å². The van der Waals surface area contributed by atoms with Crippen LogP contribution in [0.4, 0.5) is 5.95 Å². The van der Waals surface area contributed by atoms with Crippen molar-refractivity contribution in [1.29, 1.82) is 0 Å². The molecule has 0 unspecified atom stereocenters.